The Hall–Kier alpha value is -3.74. The number of benzene rings is 1. The zero-order valence-corrected chi connectivity index (χ0v) is 14.7. The highest BCUT2D eigenvalue weighted by atomic mass is 15.3. The van der Waals surface area contributed by atoms with E-state index in [0.29, 0.717) is 6.42 Å². The molecule has 0 aliphatic carbocycles. The molecule has 0 amide bonds. The summed E-state index contributed by atoms with van der Waals surface area (Å²) in [5.74, 6) is 0.253. The highest BCUT2D eigenvalue weighted by Crippen LogP contribution is 2.22. The Morgan fingerprint density at radius 2 is 1.81 bits per heavy atom. The molecule has 0 saturated carbocycles. The van der Waals surface area contributed by atoms with Crippen molar-refractivity contribution in [3.05, 3.63) is 78.1 Å². The summed E-state index contributed by atoms with van der Waals surface area (Å²) in [5, 5.41) is 21.5. The Labute approximate surface area is 155 Å². The summed E-state index contributed by atoms with van der Waals surface area (Å²) in [6, 6.07) is 11.4. The molecule has 0 unspecified atom stereocenters. The van der Waals surface area contributed by atoms with Crippen molar-refractivity contribution < 1.29 is 0 Å². The molecule has 7 nitrogen and oxygen atoms in total. The Bertz CT molecular complexity index is 1200. The molecule has 0 aliphatic heterocycles. The van der Waals surface area contributed by atoms with Crippen molar-refractivity contribution in [3.63, 3.8) is 0 Å². The van der Waals surface area contributed by atoms with E-state index < -0.39 is 0 Å². The number of nitrogens with zero attached hydrogens (tertiary/aromatic N) is 5. The maximum absolute atomic E-state index is 8.34. The average molecular weight is 355 g/mol. The fourth-order valence-electron chi connectivity index (χ4n) is 2.89. The third-order valence-electron chi connectivity index (χ3n) is 4.24. The van der Waals surface area contributed by atoms with Crippen molar-refractivity contribution in [1.82, 2.24) is 24.7 Å². The molecule has 0 saturated heterocycles. The summed E-state index contributed by atoms with van der Waals surface area (Å²) in [6.07, 6.45) is 7.19. The van der Waals surface area contributed by atoms with Crippen LogP contribution >= 0.6 is 0 Å². The minimum atomic E-state index is 0.194. The monoisotopic (exact) mass is 355 g/mol. The van der Waals surface area contributed by atoms with E-state index in [1.54, 1.807) is 24.5 Å². The normalized spacial score (nSPS) is 10.9. The van der Waals surface area contributed by atoms with Crippen LogP contribution in [-0.2, 0) is 6.42 Å². The van der Waals surface area contributed by atoms with Gasteiger partial charge in [0.25, 0.3) is 0 Å². The van der Waals surface area contributed by atoms with Crippen molar-refractivity contribution in [2.75, 3.05) is 0 Å². The number of hydrogen-bond acceptors (Lipinski definition) is 6. The van der Waals surface area contributed by atoms with Crippen LogP contribution in [0.15, 0.2) is 61.3 Å². The van der Waals surface area contributed by atoms with Gasteiger partial charge in [0.2, 0.25) is 0 Å². The van der Waals surface area contributed by atoms with Gasteiger partial charge in [0.1, 0.15) is 17.7 Å². The molecule has 0 aliphatic rings. The number of hydrogen-bond donors (Lipinski definition) is 2. The Morgan fingerprint density at radius 1 is 1.00 bits per heavy atom. The van der Waals surface area contributed by atoms with Crippen molar-refractivity contribution >= 4 is 16.7 Å². The number of rotatable bonds is 3. The van der Waals surface area contributed by atoms with Crippen LogP contribution in [0.4, 0.5) is 0 Å². The van der Waals surface area contributed by atoms with Crippen LogP contribution in [0.2, 0.25) is 0 Å². The van der Waals surface area contributed by atoms with Gasteiger partial charge in [0.15, 0.2) is 0 Å². The van der Waals surface area contributed by atoms with E-state index in [-0.39, 0.29) is 11.3 Å². The van der Waals surface area contributed by atoms with Gasteiger partial charge in [-0.2, -0.15) is 5.10 Å². The smallest absolute Gasteiger partial charge is 0.148 e. The third kappa shape index (κ3) is 3.48. The van der Waals surface area contributed by atoms with Crippen molar-refractivity contribution in [1.29, 1.82) is 10.8 Å². The predicted molar refractivity (Wildman–Crippen MR) is 102 cm³/mol. The van der Waals surface area contributed by atoms with Crippen LogP contribution in [0.1, 0.15) is 11.3 Å². The van der Waals surface area contributed by atoms with Crippen molar-refractivity contribution in [3.8, 4) is 11.1 Å². The molecule has 1 aromatic carbocycles. The van der Waals surface area contributed by atoms with Gasteiger partial charge in [-0.15, -0.1) is 0 Å². The van der Waals surface area contributed by atoms with E-state index in [2.05, 4.69) is 20.1 Å². The second-order valence-corrected chi connectivity index (χ2v) is 6.27. The van der Waals surface area contributed by atoms with E-state index in [1.807, 2.05) is 37.4 Å². The minimum absolute atomic E-state index is 0.194. The first-order valence-electron chi connectivity index (χ1n) is 8.43. The molecule has 27 heavy (non-hydrogen) atoms. The molecule has 0 atom stereocenters. The molecule has 132 valence electrons. The second kappa shape index (κ2) is 6.87. The minimum Gasteiger partial charge on any atom is -0.286 e. The van der Waals surface area contributed by atoms with Gasteiger partial charge in [-0.25, -0.2) is 14.6 Å². The molecule has 0 fully saturated rings. The summed E-state index contributed by atoms with van der Waals surface area (Å²) < 4.78 is 1.36. The molecule has 0 bridgehead atoms. The Morgan fingerprint density at radius 3 is 2.63 bits per heavy atom. The highest BCUT2D eigenvalue weighted by molar-refractivity contribution is 5.87. The topological polar surface area (TPSA) is 104 Å². The maximum Gasteiger partial charge on any atom is 0.148 e. The van der Waals surface area contributed by atoms with Crippen LogP contribution < -0.4 is 5.49 Å². The molecule has 0 spiro atoms. The van der Waals surface area contributed by atoms with E-state index in [0.717, 1.165) is 33.3 Å². The molecule has 3 heterocycles. The summed E-state index contributed by atoms with van der Waals surface area (Å²) in [6.45, 7) is 1.85. The van der Waals surface area contributed by atoms with Gasteiger partial charge in [0.05, 0.1) is 11.2 Å². The number of aromatic nitrogens is 5. The molecular formula is C20H17N7. The SMILES string of the molecule is Cc1ccc(=N)n(C(=N)Cc2ccc3ncc(-c4cncnc4)cc3c2)n1. The molecule has 7 heteroatoms. The van der Waals surface area contributed by atoms with Gasteiger partial charge >= 0.3 is 0 Å². The van der Waals surface area contributed by atoms with Crippen LogP contribution in [-0.4, -0.2) is 30.6 Å². The van der Waals surface area contributed by atoms with E-state index >= 15 is 0 Å². The molecule has 4 aromatic rings. The number of fused-ring (bicyclic) bond motifs is 1. The zero-order chi connectivity index (χ0) is 18.8. The van der Waals surface area contributed by atoms with E-state index in [9.17, 15) is 0 Å². The van der Waals surface area contributed by atoms with Gasteiger partial charge < -0.3 is 0 Å². The summed E-state index contributed by atoms with van der Waals surface area (Å²) >= 11 is 0. The Kier molecular flexibility index (Phi) is 4.25. The van der Waals surface area contributed by atoms with Crippen molar-refractivity contribution in [2.45, 2.75) is 13.3 Å². The van der Waals surface area contributed by atoms with Crippen LogP contribution in [0, 0.1) is 17.7 Å². The summed E-state index contributed by atoms with van der Waals surface area (Å²) in [7, 11) is 0. The highest BCUT2D eigenvalue weighted by Gasteiger charge is 2.07. The fraction of sp³-hybridized carbons (Fsp3) is 0.100. The zero-order valence-electron chi connectivity index (χ0n) is 14.7. The molecule has 0 radical (unpaired) electrons. The first kappa shape index (κ1) is 16.7. The number of nitrogens with one attached hydrogen (secondary N) is 2. The fourth-order valence-corrected chi connectivity index (χ4v) is 2.89. The number of aryl methyl sites for hydroxylation is 1. The molecule has 4 rings (SSSR count). The van der Waals surface area contributed by atoms with Crippen LogP contribution in [0.5, 0.6) is 0 Å². The average Bonchev–Trinajstić information content (AvgIpc) is 2.70. The largest absolute Gasteiger partial charge is 0.286 e. The lowest BCUT2D eigenvalue weighted by molar-refractivity contribution is 0.776. The second-order valence-electron chi connectivity index (χ2n) is 6.27. The van der Waals surface area contributed by atoms with Gasteiger partial charge in [-0.3, -0.25) is 15.8 Å². The molecule has 2 N–H and O–H groups in total. The van der Waals surface area contributed by atoms with Gasteiger partial charge in [-0.1, -0.05) is 6.07 Å². The van der Waals surface area contributed by atoms with Gasteiger partial charge in [-0.05, 0) is 42.8 Å². The van der Waals surface area contributed by atoms with Crippen LogP contribution in [0.25, 0.3) is 22.0 Å². The predicted octanol–water partition coefficient (Wildman–Crippen LogP) is 2.74. The summed E-state index contributed by atoms with van der Waals surface area (Å²) in [5.41, 5.74) is 4.66. The lowest BCUT2D eigenvalue weighted by atomic mass is 10.0. The lowest BCUT2D eigenvalue weighted by Gasteiger charge is -2.09. The van der Waals surface area contributed by atoms with Crippen molar-refractivity contribution in [2.24, 2.45) is 0 Å². The van der Waals surface area contributed by atoms with E-state index in [4.69, 9.17) is 10.8 Å². The molecule has 3 aromatic heterocycles. The third-order valence-corrected chi connectivity index (χ3v) is 4.24. The lowest BCUT2D eigenvalue weighted by Crippen LogP contribution is -2.30. The van der Waals surface area contributed by atoms with Crippen LogP contribution in [0.3, 0.4) is 0 Å². The molecular weight excluding hydrogens is 338 g/mol. The number of pyridine rings is 1. The Balaban J connectivity index is 1.67. The first-order chi connectivity index (χ1) is 13.1. The van der Waals surface area contributed by atoms with E-state index in [1.165, 1.54) is 11.0 Å². The standard InChI is InChI=1S/C20H17N7/c1-13-2-5-19(21)27(26-13)20(22)7-14-3-4-18-15(6-14)8-16(11-25-18)17-9-23-12-24-10-17/h2-6,8-12,21-22H,7H2,1H3. The first-order valence-corrected chi connectivity index (χ1v) is 8.43. The maximum atomic E-state index is 8.34. The summed E-state index contributed by atoms with van der Waals surface area (Å²) in [4.78, 5) is 12.6. The quantitative estimate of drug-likeness (QED) is 0.435. The van der Waals surface area contributed by atoms with Gasteiger partial charge in [0, 0.05) is 41.5 Å².